The van der Waals surface area contributed by atoms with Gasteiger partial charge in [0.25, 0.3) is 0 Å². The predicted molar refractivity (Wildman–Crippen MR) is 78.0 cm³/mol. The van der Waals surface area contributed by atoms with E-state index in [4.69, 9.17) is 4.74 Å². The molecule has 0 fully saturated rings. The molecule has 0 aliphatic heterocycles. The zero-order chi connectivity index (χ0) is 14.3. The average molecular weight is 267 g/mol. The van der Waals surface area contributed by atoms with Gasteiger partial charge in [-0.1, -0.05) is 25.1 Å². The van der Waals surface area contributed by atoms with E-state index in [1.807, 2.05) is 12.1 Å². The van der Waals surface area contributed by atoms with Crippen molar-refractivity contribution in [1.29, 1.82) is 0 Å². The lowest BCUT2D eigenvalue weighted by Gasteiger charge is -2.26. The maximum atomic E-state index is 13.9. The third kappa shape index (κ3) is 5.29. The van der Waals surface area contributed by atoms with Crippen molar-refractivity contribution in [2.75, 3.05) is 20.2 Å². The number of benzene rings is 1. The number of nitrogens with one attached hydrogen (secondary N) is 1. The minimum Gasteiger partial charge on any atom is -0.379 e. The summed E-state index contributed by atoms with van der Waals surface area (Å²) in [5.74, 6) is 0.0798. The summed E-state index contributed by atoms with van der Waals surface area (Å²) in [6.45, 7) is 7.91. The van der Waals surface area contributed by atoms with Crippen LogP contribution in [0.3, 0.4) is 0 Å². The Kier molecular flexibility index (Phi) is 6.46. The zero-order valence-corrected chi connectivity index (χ0v) is 12.5. The van der Waals surface area contributed by atoms with Gasteiger partial charge in [0.2, 0.25) is 0 Å². The van der Waals surface area contributed by atoms with Gasteiger partial charge in [0.05, 0.1) is 5.60 Å². The standard InChI is InChI=1S/C16H26FNO/c1-5-18-12-13(10-11-16(2,3)19-4)14-8-6-7-9-15(14)17/h6-9,13,18H,5,10-12H2,1-4H3. The van der Waals surface area contributed by atoms with Crippen LogP contribution in [0.2, 0.25) is 0 Å². The van der Waals surface area contributed by atoms with Gasteiger partial charge in [-0.25, -0.2) is 4.39 Å². The monoisotopic (exact) mass is 267 g/mol. The van der Waals surface area contributed by atoms with Crippen LogP contribution < -0.4 is 5.32 Å². The van der Waals surface area contributed by atoms with Gasteiger partial charge < -0.3 is 10.1 Å². The summed E-state index contributed by atoms with van der Waals surface area (Å²) in [7, 11) is 1.72. The lowest BCUT2D eigenvalue weighted by atomic mass is 9.89. The molecule has 1 rings (SSSR count). The number of rotatable bonds is 8. The number of likely N-dealkylation sites (N-methyl/N-ethyl adjacent to an activating group) is 1. The second kappa shape index (κ2) is 7.61. The molecule has 108 valence electrons. The number of methoxy groups -OCH3 is 1. The molecule has 0 aromatic heterocycles. The Labute approximate surface area is 116 Å². The molecule has 0 bridgehead atoms. The third-order valence-corrected chi connectivity index (χ3v) is 3.63. The molecule has 0 aliphatic rings. The molecule has 1 N–H and O–H groups in total. The van der Waals surface area contributed by atoms with Crippen LogP contribution >= 0.6 is 0 Å². The van der Waals surface area contributed by atoms with E-state index in [2.05, 4.69) is 26.1 Å². The summed E-state index contributed by atoms with van der Waals surface area (Å²) in [4.78, 5) is 0. The molecule has 0 saturated heterocycles. The largest absolute Gasteiger partial charge is 0.379 e. The molecule has 2 nitrogen and oxygen atoms in total. The van der Waals surface area contributed by atoms with Crippen molar-refractivity contribution in [3.63, 3.8) is 0 Å². The fourth-order valence-corrected chi connectivity index (χ4v) is 2.12. The van der Waals surface area contributed by atoms with Crippen molar-refractivity contribution in [3.05, 3.63) is 35.6 Å². The summed E-state index contributed by atoms with van der Waals surface area (Å²) in [5, 5.41) is 3.32. The van der Waals surface area contributed by atoms with Crippen LogP contribution in [0.4, 0.5) is 4.39 Å². The molecule has 3 heteroatoms. The molecule has 0 radical (unpaired) electrons. The van der Waals surface area contributed by atoms with E-state index in [0.29, 0.717) is 0 Å². The summed E-state index contributed by atoms with van der Waals surface area (Å²) in [6, 6.07) is 7.06. The second-order valence-corrected chi connectivity index (χ2v) is 5.53. The minimum absolute atomic E-state index is 0.111. The Balaban J connectivity index is 2.75. The van der Waals surface area contributed by atoms with Crippen LogP contribution in [-0.4, -0.2) is 25.8 Å². The molecule has 0 spiro atoms. The summed E-state index contributed by atoms with van der Waals surface area (Å²) in [6.07, 6.45) is 1.82. The highest BCUT2D eigenvalue weighted by molar-refractivity contribution is 5.22. The van der Waals surface area contributed by atoms with Gasteiger partial charge in [0, 0.05) is 13.7 Å². The summed E-state index contributed by atoms with van der Waals surface area (Å²) in [5.41, 5.74) is 0.644. The van der Waals surface area contributed by atoms with Crippen molar-refractivity contribution in [3.8, 4) is 0 Å². The zero-order valence-electron chi connectivity index (χ0n) is 12.5. The van der Waals surface area contributed by atoms with Crippen molar-refractivity contribution in [1.82, 2.24) is 5.32 Å². The van der Waals surface area contributed by atoms with Crippen LogP contribution in [0.5, 0.6) is 0 Å². The first-order chi connectivity index (χ1) is 9.00. The van der Waals surface area contributed by atoms with Crippen molar-refractivity contribution in [2.45, 2.75) is 45.1 Å². The average Bonchev–Trinajstić information content (AvgIpc) is 2.40. The van der Waals surface area contributed by atoms with Crippen LogP contribution in [0.1, 0.15) is 45.1 Å². The highest BCUT2D eigenvalue weighted by Crippen LogP contribution is 2.27. The highest BCUT2D eigenvalue weighted by atomic mass is 19.1. The molecule has 0 saturated carbocycles. The first-order valence-electron chi connectivity index (χ1n) is 7.00. The van der Waals surface area contributed by atoms with E-state index in [9.17, 15) is 4.39 Å². The number of hydrogen-bond donors (Lipinski definition) is 1. The second-order valence-electron chi connectivity index (χ2n) is 5.53. The van der Waals surface area contributed by atoms with Gasteiger partial charge in [0.15, 0.2) is 0 Å². The number of ether oxygens (including phenoxy) is 1. The molecular formula is C16H26FNO. The Bertz CT molecular complexity index is 379. The fourth-order valence-electron chi connectivity index (χ4n) is 2.12. The molecule has 19 heavy (non-hydrogen) atoms. The van der Waals surface area contributed by atoms with Gasteiger partial charge in [-0.2, -0.15) is 0 Å². The van der Waals surface area contributed by atoms with Crippen LogP contribution in [-0.2, 0) is 4.74 Å². The molecule has 1 aromatic carbocycles. The summed E-state index contributed by atoms with van der Waals surface area (Å²) < 4.78 is 19.4. The Hall–Kier alpha value is -0.930. The molecule has 0 amide bonds. The lowest BCUT2D eigenvalue weighted by Crippen LogP contribution is -2.27. The predicted octanol–water partition coefficient (Wildman–Crippen LogP) is 3.72. The maximum absolute atomic E-state index is 13.9. The van der Waals surface area contributed by atoms with Crippen LogP contribution in [0.15, 0.2) is 24.3 Å². The normalized spacial score (nSPS) is 13.5. The smallest absolute Gasteiger partial charge is 0.126 e. The van der Waals surface area contributed by atoms with E-state index in [1.54, 1.807) is 13.2 Å². The van der Waals surface area contributed by atoms with E-state index in [-0.39, 0.29) is 17.3 Å². The molecule has 1 unspecified atom stereocenters. The molecule has 0 heterocycles. The molecule has 1 atom stereocenters. The number of hydrogen-bond acceptors (Lipinski definition) is 2. The lowest BCUT2D eigenvalue weighted by molar-refractivity contribution is 0.0123. The van der Waals surface area contributed by atoms with Crippen molar-refractivity contribution >= 4 is 0 Å². The minimum atomic E-state index is -0.157. The Morgan fingerprint density at radius 3 is 2.58 bits per heavy atom. The maximum Gasteiger partial charge on any atom is 0.126 e. The van der Waals surface area contributed by atoms with Gasteiger partial charge in [0.1, 0.15) is 5.82 Å². The van der Waals surface area contributed by atoms with Gasteiger partial charge in [-0.3, -0.25) is 0 Å². The quantitative estimate of drug-likeness (QED) is 0.775. The molecular weight excluding hydrogens is 241 g/mol. The van der Waals surface area contributed by atoms with Gasteiger partial charge in [-0.05, 0) is 50.8 Å². The van der Waals surface area contributed by atoms with E-state index < -0.39 is 0 Å². The Morgan fingerprint density at radius 2 is 2.00 bits per heavy atom. The van der Waals surface area contributed by atoms with Gasteiger partial charge >= 0.3 is 0 Å². The molecule has 0 aliphatic carbocycles. The van der Waals surface area contributed by atoms with E-state index >= 15 is 0 Å². The highest BCUT2D eigenvalue weighted by Gasteiger charge is 2.21. The van der Waals surface area contributed by atoms with Gasteiger partial charge in [-0.15, -0.1) is 0 Å². The molecule has 1 aromatic rings. The first kappa shape index (κ1) is 16.1. The van der Waals surface area contributed by atoms with Crippen LogP contribution in [0.25, 0.3) is 0 Å². The number of halogens is 1. The summed E-state index contributed by atoms with van der Waals surface area (Å²) >= 11 is 0. The van der Waals surface area contributed by atoms with Crippen molar-refractivity contribution in [2.24, 2.45) is 0 Å². The topological polar surface area (TPSA) is 21.3 Å². The van der Waals surface area contributed by atoms with E-state index in [1.165, 1.54) is 6.07 Å². The SMILES string of the molecule is CCNCC(CCC(C)(C)OC)c1ccccc1F. The van der Waals surface area contributed by atoms with Crippen molar-refractivity contribution < 1.29 is 9.13 Å². The first-order valence-corrected chi connectivity index (χ1v) is 7.00. The third-order valence-electron chi connectivity index (χ3n) is 3.63. The Morgan fingerprint density at radius 1 is 1.32 bits per heavy atom. The van der Waals surface area contributed by atoms with Crippen LogP contribution in [0, 0.1) is 5.82 Å². The fraction of sp³-hybridized carbons (Fsp3) is 0.625. The van der Waals surface area contributed by atoms with E-state index in [0.717, 1.165) is 31.5 Å².